The summed E-state index contributed by atoms with van der Waals surface area (Å²) < 4.78 is 19.1. The molecule has 152 valence electrons. The molecule has 2 aromatic rings. The van der Waals surface area contributed by atoms with E-state index in [9.17, 15) is 4.39 Å². The lowest BCUT2D eigenvalue weighted by Crippen LogP contribution is -2.36. The smallest absolute Gasteiger partial charge is 0.191 e. The molecule has 2 N–H and O–H groups in total. The Morgan fingerprint density at radius 3 is 2.29 bits per heavy atom. The van der Waals surface area contributed by atoms with Crippen molar-refractivity contribution < 1.29 is 9.13 Å². The highest BCUT2D eigenvalue weighted by molar-refractivity contribution is 5.79. The predicted molar refractivity (Wildman–Crippen MR) is 113 cm³/mol. The Kier molecular flexibility index (Phi) is 9.28. The maximum atomic E-state index is 13.2. The fourth-order valence-electron chi connectivity index (χ4n) is 2.78. The first-order valence-electron chi connectivity index (χ1n) is 9.77. The van der Waals surface area contributed by atoms with E-state index in [1.165, 1.54) is 12.1 Å². The average molecular weight is 387 g/mol. The first-order chi connectivity index (χ1) is 13.6. The highest BCUT2D eigenvalue weighted by atomic mass is 19.1. The van der Waals surface area contributed by atoms with E-state index in [4.69, 9.17) is 4.74 Å². The third-order valence-corrected chi connectivity index (χ3v) is 4.53. The van der Waals surface area contributed by atoms with Gasteiger partial charge in [-0.3, -0.25) is 4.99 Å². The second-order valence-electron chi connectivity index (χ2n) is 6.43. The summed E-state index contributed by atoms with van der Waals surface area (Å²) in [6, 6.07) is 14.6. The van der Waals surface area contributed by atoms with Gasteiger partial charge in [0.1, 0.15) is 18.2 Å². The predicted octanol–water partition coefficient (Wildman–Crippen LogP) is 3.41. The highest BCUT2D eigenvalue weighted by Gasteiger charge is 2.02. The van der Waals surface area contributed by atoms with Crippen molar-refractivity contribution in [2.75, 3.05) is 33.3 Å². The van der Waals surface area contributed by atoms with Gasteiger partial charge in [0, 0.05) is 26.7 Å². The van der Waals surface area contributed by atoms with Crippen LogP contribution in [0.5, 0.6) is 5.75 Å². The molecular formula is C22H31FN4O. The number of guanidine groups is 1. The van der Waals surface area contributed by atoms with Crippen LogP contribution in [0.25, 0.3) is 0 Å². The summed E-state index contributed by atoms with van der Waals surface area (Å²) in [4.78, 5) is 6.54. The summed E-state index contributed by atoms with van der Waals surface area (Å²) in [5, 5.41) is 6.45. The van der Waals surface area contributed by atoms with E-state index >= 15 is 0 Å². The fraction of sp³-hybridized carbons (Fsp3) is 0.409. The van der Waals surface area contributed by atoms with Crippen molar-refractivity contribution in [1.82, 2.24) is 15.5 Å². The van der Waals surface area contributed by atoms with Crippen molar-refractivity contribution in [2.45, 2.75) is 26.9 Å². The molecule has 0 spiro atoms. The van der Waals surface area contributed by atoms with Crippen molar-refractivity contribution in [3.63, 3.8) is 0 Å². The fourth-order valence-corrected chi connectivity index (χ4v) is 2.78. The van der Waals surface area contributed by atoms with E-state index in [-0.39, 0.29) is 5.82 Å². The molecule has 0 heterocycles. The number of nitrogens with one attached hydrogen (secondary N) is 2. The van der Waals surface area contributed by atoms with Gasteiger partial charge in [-0.25, -0.2) is 4.39 Å². The topological polar surface area (TPSA) is 48.9 Å². The van der Waals surface area contributed by atoms with Gasteiger partial charge >= 0.3 is 0 Å². The number of likely N-dealkylation sites (N-methyl/N-ethyl adjacent to an activating group) is 1. The van der Waals surface area contributed by atoms with E-state index in [2.05, 4.69) is 34.4 Å². The lowest BCUT2D eigenvalue weighted by Gasteiger charge is -2.18. The minimum atomic E-state index is -0.235. The van der Waals surface area contributed by atoms with Crippen LogP contribution in [0.3, 0.4) is 0 Å². The normalized spacial score (nSPS) is 11.5. The highest BCUT2D eigenvalue weighted by Crippen LogP contribution is 2.12. The molecule has 0 saturated carbocycles. The van der Waals surface area contributed by atoms with Crippen molar-refractivity contribution in [2.24, 2.45) is 4.99 Å². The van der Waals surface area contributed by atoms with Gasteiger partial charge in [-0.05, 0) is 48.5 Å². The summed E-state index contributed by atoms with van der Waals surface area (Å²) in [6.07, 6.45) is 0. The zero-order valence-corrected chi connectivity index (χ0v) is 17.0. The number of hydrogen-bond acceptors (Lipinski definition) is 3. The van der Waals surface area contributed by atoms with Crippen LogP contribution in [0, 0.1) is 5.82 Å². The molecule has 0 aromatic heterocycles. The van der Waals surface area contributed by atoms with Gasteiger partial charge in [-0.15, -0.1) is 0 Å². The number of aliphatic imine (C=N–C) groups is 1. The zero-order valence-electron chi connectivity index (χ0n) is 17.0. The molecular weight excluding hydrogens is 355 g/mol. The molecule has 0 aliphatic heterocycles. The van der Waals surface area contributed by atoms with Crippen molar-refractivity contribution >= 4 is 5.96 Å². The summed E-state index contributed by atoms with van der Waals surface area (Å²) in [6.45, 7) is 9.18. The molecule has 0 aliphatic rings. The standard InChI is InChI=1S/C22H31FN4O/c1-4-27(5-2)13-14-28-21-11-9-18(10-12-21)16-25-22(24-3)26-17-19-7-6-8-20(23)15-19/h6-12,15H,4-5,13-14,16-17H2,1-3H3,(H2,24,25,26). The number of benzene rings is 2. The molecule has 0 fully saturated rings. The van der Waals surface area contributed by atoms with Gasteiger partial charge < -0.3 is 20.3 Å². The van der Waals surface area contributed by atoms with Gasteiger partial charge in [0.2, 0.25) is 0 Å². The molecule has 6 heteroatoms. The van der Waals surface area contributed by atoms with E-state index in [1.807, 2.05) is 30.3 Å². The second-order valence-corrected chi connectivity index (χ2v) is 6.43. The van der Waals surface area contributed by atoms with E-state index in [0.29, 0.717) is 25.7 Å². The third kappa shape index (κ3) is 7.56. The summed E-state index contributed by atoms with van der Waals surface area (Å²) in [5.74, 6) is 1.31. The van der Waals surface area contributed by atoms with Gasteiger partial charge in [0.05, 0.1) is 0 Å². The van der Waals surface area contributed by atoms with E-state index < -0.39 is 0 Å². The molecule has 0 bridgehead atoms. The second kappa shape index (κ2) is 12.0. The SMILES string of the molecule is CCN(CC)CCOc1ccc(CNC(=NC)NCc2cccc(F)c2)cc1. The molecule has 2 rings (SSSR count). The van der Waals surface area contributed by atoms with Crippen LogP contribution in [-0.4, -0.2) is 44.1 Å². The van der Waals surface area contributed by atoms with Gasteiger partial charge in [0.25, 0.3) is 0 Å². The quantitative estimate of drug-likeness (QED) is 0.485. The largest absolute Gasteiger partial charge is 0.492 e. The molecule has 0 atom stereocenters. The zero-order chi connectivity index (χ0) is 20.2. The molecule has 5 nitrogen and oxygen atoms in total. The van der Waals surface area contributed by atoms with Crippen molar-refractivity contribution in [3.05, 3.63) is 65.5 Å². The van der Waals surface area contributed by atoms with Crippen LogP contribution in [0.15, 0.2) is 53.5 Å². The number of nitrogens with zero attached hydrogens (tertiary/aromatic N) is 2. The molecule has 0 radical (unpaired) electrons. The summed E-state index contributed by atoms with van der Waals surface area (Å²) in [5.41, 5.74) is 2.00. The van der Waals surface area contributed by atoms with Crippen molar-refractivity contribution in [1.29, 1.82) is 0 Å². The number of halogens is 1. The van der Waals surface area contributed by atoms with Crippen molar-refractivity contribution in [3.8, 4) is 5.75 Å². The van der Waals surface area contributed by atoms with Gasteiger partial charge in [0.15, 0.2) is 5.96 Å². The first kappa shape index (κ1) is 21.7. The van der Waals surface area contributed by atoms with Crippen LogP contribution in [0.2, 0.25) is 0 Å². The van der Waals surface area contributed by atoms with E-state index in [0.717, 1.165) is 36.5 Å². The van der Waals surface area contributed by atoms with Crippen LogP contribution in [0.1, 0.15) is 25.0 Å². The third-order valence-electron chi connectivity index (χ3n) is 4.53. The van der Waals surface area contributed by atoms with Gasteiger partial charge in [-0.2, -0.15) is 0 Å². The number of hydrogen-bond donors (Lipinski definition) is 2. The number of ether oxygens (including phenoxy) is 1. The Hall–Kier alpha value is -2.60. The molecule has 0 aliphatic carbocycles. The van der Waals surface area contributed by atoms with Crippen LogP contribution in [0.4, 0.5) is 4.39 Å². The minimum absolute atomic E-state index is 0.235. The maximum Gasteiger partial charge on any atom is 0.191 e. The number of rotatable bonds is 10. The maximum absolute atomic E-state index is 13.2. The van der Waals surface area contributed by atoms with Crippen LogP contribution < -0.4 is 15.4 Å². The lowest BCUT2D eigenvalue weighted by atomic mass is 10.2. The first-order valence-corrected chi connectivity index (χ1v) is 9.77. The van der Waals surface area contributed by atoms with Crippen LogP contribution >= 0.6 is 0 Å². The summed E-state index contributed by atoms with van der Waals surface area (Å²) in [7, 11) is 1.72. The van der Waals surface area contributed by atoms with Gasteiger partial charge in [-0.1, -0.05) is 38.1 Å². The monoisotopic (exact) mass is 386 g/mol. The Morgan fingerprint density at radius 2 is 1.68 bits per heavy atom. The molecule has 0 amide bonds. The Morgan fingerprint density at radius 1 is 1.00 bits per heavy atom. The minimum Gasteiger partial charge on any atom is -0.492 e. The lowest BCUT2D eigenvalue weighted by molar-refractivity contribution is 0.223. The molecule has 0 unspecified atom stereocenters. The summed E-state index contributed by atoms with van der Waals surface area (Å²) >= 11 is 0. The molecule has 0 saturated heterocycles. The molecule has 28 heavy (non-hydrogen) atoms. The Labute approximate surface area is 167 Å². The van der Waals surface area contributed by atoms with E-state index in [1.54, 1.807) is 13.1 Å². The van der Waals surface area contributed by atoms with Crippen LogP contribution in [-0.2, 0) is 13.1 Å². The Balaban J connectivity index is 1.75. The Bertz CT molecular complexity index is 730. The molecule has 2 aromatic carbocycles. The average Bonchev–Trinajstić information content (AvgIpc) is 2.72.